The number of hydrogen-bond donors (Lipinski definition) is 1. The van der Waals surface area contributed by atoms with E-state index in [9.17, 15) is 5.11 Å². The van der Waals surface area contributed by atoms with E-state index in [-0.39, 0.29) is 6.10 Å². The van der Waals surface area contributed by atoms with Crippen LogP contribution in [0.5, 0.6) is 0 Å². The van der Waals surface area contributed by atoms with Crippen LogP contribution >= 0.6 is 23.0 Å². The lowest BCUT2D eigenvalue weighted by molar-refractivity contribution is 0.0199. The van der Waals surface area contributed by atoms with E-state index in [0.717, 1.165) is 38.5 Å². The first-order valence-electron chi connectivity index (χ1n) is 7.45. The molecular formula is C14H26INO2. The summed E-state index contributed by atoms with van der Waals surface area (Å²) in [6, 6.07) is 0.522. The number of piperidine rings is 1. The summed E-state index contributed by atoms with van der Waals surface area (Å²) in [5, 5.41) is 9.82. The van der Waals surface area contributed by atoms with E-state index in [1.807, 2.05) is 23.0 Å². The highest BCUT2D eigenvalue weighted by Gasteiger charge is 2.27. The Labute approximate surface area is 125 Å². The van der Waals surface area contributed by atoms with E-state index < -0.39 is 0 Å². The molecule has 3 nitrogen and oxygen atoms in total. The van der Waals surface area contributed by atoms with Crippen molar-refractivity contribution in [3.05, 3.63) is 0 Å². The lowest BCUT2D eigenvalue weighted by Gasteiger charge is -2.38. The summed E-state index contributed by atoms with van der Waals surface area (Å²) in [5.41, 5.74) is 0. The van der Waals surface area contributed by atoms with E-state index in [1.165, 1.54) is 38.5 Å². The smallest absolute Gasteiger partial charge is 0.109 e. The minimum atomic E-state index is -0.123. The van der Waals surface area contributed by atoms with Crippen LogP contribution in [0.3, 0.4) is 0 Å². The third-order valence-corrected chi connectivity index (χ3v) is 4.96. The lowest BCUT2D eigenvalue weighted by atomic mass is 9.86. The van der Waals surface area contributed by atoms with E-state index in [0.29, 0.717) is 6.04 Å². The average molecular weight is 367 g/mol. The summed E-state index contributed by atoms with van der Waals surface area (Å²) in [6.45, 7) is 2.79. The van der Waals surface area contributed by atoms with Crippen LogP contribution in [-0.4, -0.2) is 41.8 Å². The van der Waals surface area contributed by atoms with Gasteiger partial charge in [-0.1, -0.05) is 32.1 Å². The maximum absolute atomic E-state index is 9.82. The standard InChI is InChI=1S/C14H26INO2/c15-18-11-13-6-7-14(17)10-16(13)9-8-12-4-2-1-3-5-12/h12-14,17H,1-11H2/t13-,14-/m1/s1. The fraction of sp³-hybridized carbons (Fsp3) is 1.00. The molecule has 0 bridgehead atoms. The van der Waals surface area contributed by atoms with Crippen LogP contribution in [-0.2, 0) is 3.07 Å². The van der Waals surface area contributed by atoms with Crippen molar-refractivity contribution in [1.82, 2.24) is 4.90 Å². The average Bonchev–Trinajstić information content (AvgIpc) is 2.40. The minimum Gasteiger partial charge on any atom is -0.392 e. The Kier molecular flexibility index (Phi) is 6.69. The van der Waals surface area contributed by atoms with Crippen LogP contribution in [0.15, 0.2) is 0 Å². The summed E-state index contributed by atoms with van der Waals surface area (Å²) in [6.07, 6.45) is 10.3. The van der Waals surface area contributed by atoms with Gasteiger partial charge in [0.05, 0.1) is 12.7 Å². The van der Waals surface area contributed by atoms with Crippen LogP contribution in [0, 0.1) is 5.92 Å². The lowest BCUT2D eigenvalue weighted by Crippen LogP contribution is -2.48. The summed E-state index contributed by atoms with van der Waals surface area (Å²) in [7, 11) is 0. The normalized spacial score (nSPS) is 31.7. The Morgan fingerprint density at radius 1 is 1.11 bits per heavy atom. The molecule has 4 heteroatoms. The molecule has 0 aromatic rings. The number of β-amino-alcohol motifs (C(OH)–C–C–N with tert-alkyl or cyclic N) is 1. The minimum absolute atomic E-state index is 0.123. The zero-order chi connectivity index (χ0) is 12.8. The summed E-state index contributed by atoms with van der Waals surface area (Å²) in [4.78, 5) is 2.46. The van der Waals surface area contributed by atoms with Gasteiger partial charge < -0.3 is 8.17 Å². The van der Waals surface area contributed by atoms with Gasteiger partial charge in [0.2, 0.25) is 0 Å². The molecule has 0 aromatic carbocycles. The van der Waals surface area contributed by atoms with Gasteiger partial charge in [-0.25, -0.2) is 0 Å². The van der Waals surface area contributed by atoms with Gasteiger partial charge in [0.1, 0.15) is 23.0 Å². The molecule has 18 heavy (non-hydrogen) atoms. The molecule has 2 rings (SSSR count). The zero-order valence-electron chi connectivity index (χ0n) is 11.2. The Bertz CT molecular complexity index is 234. The van der Waals surface area contributed by atoms with Crippen LogP contribution < -0.4 is 0 Å². The topological polar surface area (TPSA) is 32.7 Å². The van der Waals surface area contributed by atoms with E-state index >= 15 is 0 Å². The molecule has 0 radical (unpaired) electrons. The van der Waals surface area contributed by atoms with Gasteiger partial charge in [-0.2, -0.15) is 0 Å². The van der Waals surface area contributed by atoms with Crippen LogP contribution in [0.2, 0.25) is 0 Å². The molecule has 106 valence electrons. The van der Waals surface area contributed by atoms with Crippen molar-refractivity contribution in [3.63, 3.8) is 0 Å². The first-order chi connectivity index (χ1) is 8.79. The van der Waals surface area contributed by atoms with Gasteiger partial charge in [0, 0.05) is 12.6 Å². The molecule has 0 spiro atoms. The van der Waals surface area contributed by atoms with Gasteiger partial charge in [0.25, 0.3) is 0 Å². The van der Waals surface area contributed by atoms with Gasteiger partial charge in [-0.3, -0.25) is 4.90 Å². The molecule has 0 aromatic heterocycles. The molecular weight excluding hydrogens is 341 g/mol. The van der Waals surface area contributed by atoms with Crippen molar-refractivity contribution >= 4 is 23.0 Å². The van der Waals surface area contributed by atoms with E-state index in [2.05, 4.69) is 4.90 Å². The van der Waals surface area contributed by atoms with Crippen molar-refractivity contribution in [2.75, 3.05) is 19.7 Å². The van der Waals surface area contributed by atoms with Gasteiger partial charge >= 0.3 is 0 Å². The molecule has 1 saturated heterocycles. The number of likely N-dealkylation sites (tertiary alicyclic amines) is 1. The second kappa shape index (κ2) is 8.02. The number of aliphatic hydroxyl groups excluding tert-OH is 1. The second-order valence-electron chi connectivity index (χ2n) is 5.95. The van der Waals surface area contributed by atoms with Crippen LogP contribution in [0.4, 0.5) is 0 Å². The summed E-state index contributed by atoms with van der Waals surface area (Å²) >= 11 is 1.99. The third-order valence-electron chi connectivity index (χ3n) is 4.60. The van der Waals surface area contributed by atoms with Crippen molar-refractivity contribution in [3.8, 4) is 0 Å². The number of hydrogen-bond acceptors (Lipinski definition) is 3. The second-order valence-corrected chi connectivity index (χ2v) is 6.57. The Morgan fingerprint density at radius 2 is 1.89 bits per heavy atom. The number of aliphatic hydroxyl groups is 1. The Balaban J connectivity index is 1.76. The van der Waals surface area contributed by atoms with Gasteiger partial charge in [0.15, 0.2) is 0 Å². The molecule has 2 fully saturated rings. The largest absolute Gasteiger partial charge is 0.392 e. The maximum atomic E-state index is 9.82. The van der Waals surface area contributed by atoms with Crippen LogP contribution in [0.25, 0.3) is 0 Å². The van der Waals surface area contributed by atoms with Gasteiger partial charge in [-0.15, -0.1) is 0 Å². The molecule has 1 saturated carbocycles. The predicted octanol–water partition coefficient (Wildman–Crippen LogP) is 3.15. The van der Waals surface area contributed by atoms with Crippen molar-refractivity contribution in [2.24, 2.45) is 5.92 Å². The SMILES string of the molecule is O[C@@H]1CC[C@H](COI)N(CCC2CCCCC2)C1. The first kappa shape index (κ1) is 15.0. The predicted molar refractivity (Wildman–Crippen MR) is 81.8 cm³/mol. The third kappa shape index (κ3) is 4.62. The molecule has 1 heterocycles. The van der Waals surface area contributed by atoms with E-state index in [4.69, 9.17) is 3.07 Å². The Morgan fingerprint density at radius 3 is 2.61 bits per heavy atom. The Hall–Kier alpha value is 0.610. The van der Waals surface area contributed by atoms with Crippen molar-refractivity contribution in [2.45, 2.75) is 63.5 Å². The molecule has 1 N–H and O–H groups in total. The van der Waals surface area contributed by atoms with E-state index in [1.54, 1.807) is 0 Å². The molecule has 2 atom stereocenters. The van der Waals surface area contributed by atoms with Crippen LogP contribution in [0.1, 0.15) is 51.4 Å². The number of halogens is 1. The zero-order valence-corrected chi connectivity index (χ0v) is 13.3. The molecule has 0 amide bonds. The highest BCUT2D eigenvalue weighted by molar-refractivity contribution is 14.1. The summed E-state index contributed by atoms with van der Waals surface area (Å²) in [5.74, 6) is 0.930. The fourth-order valence-electron chi connectivity index (χ4n) is 3.44. The van der Waals surface area contributed by atoms with Gasteiger partial charge in [-0.05, 0) is 31.7 Å². The highest BCUT2D eigenvalue weighted by Crippen LogP contribution is 2.27. The molecule has 1 aliphatic heterocycles. The quantitative estimate of drug-likeness (QED) is 0.758. The molecule has 2 aliphatic rings. The number of nitrogens with zero attached hydrogens (tertiary/aromatic N) is 1. The summed E-state index contributed by atoms with van der Waals surface area (Å²) < 4.78 is 5.29. The first-order valence-corrected chi connectivity index (χ1v) is 8.33. The van der Waals surface area contributed by atoms with Crippen molar-refractivity contribution < 1.29 is 8.17 Å². The van der Waals surface area contributed by atoms with Crippen molar-refractivity contribution in [1.29, 1.82) is 0 Å². The maximum Gasteiger partial charge on any atom is 0.109 e. The molecule has 0 unspecified atom stereocenters. The monoisotopic (exact) mass is 367 g/mol. The molecule has 1 aliphatic carbocycles. The number of rotatable bonds is 5. The fourth-order valence-corrected chi connectivity index (χ4v) is 3.85. The highest BCUT2D eigenvalue weighted by atomic mass is 127.